The van der Waals surface area contributed by atoms with Crippen LogP contribution in [-0.4, -0.2) is 34.7 Å². The Morgan fingerprint density at radius 1 is 1.19 bits per heavy atom. The topological polar surface area (TPSA) is 92.5 Å². The van der Waals surface area contributed by atoms with Crippen molar-refractivity contribution in [1.29, 1.82) is 0 Å². The molecular weight excluding hydrogens is 334 g/mol. The van der Waals surface area contributed by atoms with Crippen LogP contribution in [-0.2, 0) is 11.3 Å². The SMILES string of the molecule is O=C(C=Cc1ccc([N+](=O)[O-])cc1)NCCN1Cc2ccccc2C1=O. The highest BCUT2D eigenvalue weighted by atomic mass is 16.6. The number of nitro benzene ring substituents is 1. The monoisotopic (exact) mass is 351 g/mol. The van der Waals surface area contributed by atoms with Crippen molar-refractivity contribution in [2.75, 3.05) is 13.1 Å². The Bertz CT molecular complexity index is 875. The first-order valence-corrected chi connectivity index (χ1v) is 8.12. The standard InChI is InChI=1S/C19H17N3O4/c23-18(10-7-14-5-8-16(9-6-14)22(25)26)20-11-12-21-13-15-3-1-2-4-17(15)19(21)24/h1-10H,11-13H2,(H,20,23). The van der Waals surface area contributed by atoms with Gasteiger partial charge in [0.15, 0.2) is 0 Å². The molecule has 2 amide bonds. The average Bonchev–Trinajstić information content (AvgIpc) is 2.96. The summed E-state index contributed by atoms with van der Waals surface area (Å²) in [6.45, 7) is 1.34. The summed E-state index contributed by atoms with van der Waals surface area (Å²) in [5.74, 6) is -0.302. The minimum atomic E-state index is -0.474. The summed E-state index contributed by atoms with van der Waals surface area (Å²) in [6.07, 6.45) is 2.94. The summed E-state index contributed by atoms with van der Waals surface area (Å²) < 4.78 is 0. The average molecular weight is 351 g/mol. The van der Waals surface area contributed by atoms with Crippen molar-refractivity contribution in [3.63, 3.8) is 0 Å². The van der Waals surface area contributed by atoms with Crippen LogP contribution < -0.4 is 5.32 Å². The lowest BCUT2D eigenvalue weighted by Crippen LogP contribution is -2.34. The molecule has 0 unspecified atom stereocenters. The molecule has 0 aliphatic carbocycles. The molecule has 132 valence electrons. The lowest BCUT2D eigenvalue weighted by atomic mass is 10.1. The van der Waals surface area contributed by atoms with Crippen molar-refractivity contribution >= 4 is 23.6 Å². The molecule has 2 aromatic rings. The van der Waals surface area contributed by atoms with Gasteiger partial charge in [0.2, 0.25) is 5.91 Å². The molecule has 3 rings (SSSR count). The van der Waals surface area contributed by atoms with Gasteiger partial charge < -0.3 is 10.2 Å². The number of benzene rings is 2. The molecule has 0 aromatic heterocycles. The Hall–Kier alpha value is -3.48. The third-order valence-electron chi connectivity index (χ3n) is 4.11. The van der Waals surface area contributed by atoms with Crippen molar-refractivity contribution < 1.29 is 14.5 Å². The Labute approximate surface area is 150 Å². The first-order chi connectivity index (χ1) is 12.5. The molecule has 0 saturated carbocycles. The minimum absolute atomic E-state index is 0.00267. The maximum absolute atomic E-state index is 12.2. The van der Waals surface area contributed by atoms with Gasteiger partial charge in [-0.05, 0) is 35.4 Å². The van der Waals surface area contributed by atoms with E-state index in [0.29, 0.717) is 25.2 Å². The van der Waals surface area contributed by atoms with Gasteiger partial charge in [0.25, 0.3) is 11.6 Å². The van der Waals surface area contributed by atoms with Gasteiger partial charge in [-0.1, -0.05) is 18.2 Å². The van der Waals surface area contributed by atoms with Gasteiger partial charge in [-0.3, -0.25) is 19.7 Å². The number of hydrogen-bond donors (Lipinski definition) is 1. The Morgan fingerprint density at radius 3 is 2.62 bits per heavy atom. The maximum Gasteiger partial charge on any atom is 0.269 e. The highest BCUT2D eigenvalue weighted by Gasteiger charge is 2.25. The van der Waals surface area contributed by atoms with Crippen LogP contribution in [0.4, 0.5) is 5.69 Å². The summed E-state index contributed by atoms with van der Waals surface area (Å²) in [5.41, 5.74) is 2.41. The highest BCUT2D eigenvalue weighted by Crippen LogP contribution is 2.21. The summed E-state index contributed by atoms with van der Waals surface area (Å²) in [6, 6.07) is 13.4. The van der Waals surface area contributed by atoms with Crippen molar-refractivity contribution in [3.8, 4) is 0 Å². The number of nitrogens with zero attached hydrogens (tertiary/aromatic N) is 2. The largest absolute Gasteiger partial charge is 0.351 e. The molecule has 1 aliphatic heterocycles. The molecule has 2 aromatic carbocycles. The first-order valence-electron chi connectivity index (χ1n) is 8.12. The summed E-state index contributed by atoms with van der Waals surface area (Å²) in [7, 11) is 0. The molecule has 26 heavy (non-hydrogen) atoms. The van der Waals surface area contributed by atoms with Gasteiger partial charge >= 0.3 is 0 Å². The van der Waals surface area contributed by atoms with Gasteiger partial charge in [-0.15, -0.1) is 0 Å². The van der Waals surface area contributed by atoms with E-state index in [1.807, 2.05) is 24.3 Å². The Balaban J connectivity index is 1.46. The lowest BCUT2D eigenvalue weighted by molar-refractivity contribution is -0.384. The lowest BCUT2D eigenvalue weighted by Gasteiger charge is -2.15. The van der Waals surface area contributed by atoms with Crippen molar-refractivity contribution in [2.45, 2.75) is 6.54 Å². The fourth-order valence-electron chi connectivity index (χ4n) is 2.75. The number of nitro groups is 1. The number of fused-ring (bicyclic) bond motifs is 1. The number of amides is 2. The van der Waals surface area contributed by atoms with Crippen molar-refractivity contribution in [2.24, 2.45) is 0 Å². The molecule has 1 aliphatic rings. The molecule has 0 bridgehead atoms. The van der Waals surface area contributed by atoms with Crippen molar-refractivity contribution in [1.82, 2.24) is 10.2 Å². The molecule has 0 radical (unpaired) electrons. The second kappa shape index (κ2) is 7.60. The molecule has 1 N–H and O–H groups in total. The number of carbonyl (C=O) groups excluding carboxylic acids is 2. The number of non-ortho nitro benzene ring substituents is 1. The van der Waals surface area contributed by atoms with E-state index < -0.39 is 4.92 Å². The molecule has 7 nitrogen and oxygen atoms in total. The number of rotatable bonds is 6. The predicted molar refractivity (Wildman–Crippen MR) is 96.3 cm³/mol. The summed E-state index contributed by atoms with van der Waals surface area (Å²) in [5, 5.41) is 13.3. The zero-order chi connectivity index (χ0) is 18.5. The van der Waals surface area contributed by atoms with Crippen LogP contribution in [0.15, 0.2) is 54.6 Å². The van der Waals surface area contributed by atoms with Crippen LogP contribution in [0.1, 0.15) is 21.5 Å². The normalized spacial score (nSPS) is 13.1. The van der Waals surface area contributed by atoms with Gasteiger partial charge in [0.05, 0.1) is 4.92 Å². The molecular formula is C19H17N3O4. The zero-order valence-corrected chi connectivity index (χ0v) is 13.9. The van der Waals surface area contributed by atoms with E-state index in [-0.39, 0.29) is 17.5 Å². The summed E-state index contributed by atoms with van der Waals surface area (Å²) >= 11 is 0. The molecule has 0 saturated heterocycles. The van der Waals surface area contributed by atoms with Gasteiger partial charge in [0, 0.05) is 43.4 Å². The van der Waals surface area contributed by atoms with Crippen LogP contribution in [0.3, 0.4) is 0 Å². The maximum atomic E-state index is 12.2. The van der Waals surface area contributed by atoms with E-state index in [2.05, 4.69) is 5.32 Å². The van der Waals surface area contributed by atoms with Gasteiger partial charge in [0.1, 0.15) is 0 Å². The number of hydrogen-bond acceptors (Lipinski definition) is 4. The third-order valence-corrected chi connectivity index (χ3v) is 4.11. The van der Waals surface area contributed by atoms with Gasteiger partial charge in [-0.2, -0.15) is 0 Å². The summed E-state index contributed by atoms with van der Waals surface area (Å²) in [4.78, 5) is 35.9. The van der Waals surface area contributed by atoms with E-state index in [0.717, 1.165) is 11.1 Å². The molecule has 0 atom stereocenters. The van der Waals surface area contributed by atoms with Crippen molar-refractivity contribution in [3.05, 3.63) is 81.4 Å². The molecule has 7 heteroatoms. The van der Waals surface area contributed by atoms with E-state index >= 15 is 0 Å². The zero-order valence-electron chi connectivity index (χ0n) is 13.9. The van der Waals surface area contributed by atoms with E-state index in [1.54, 1.807) is 23.1 Å². The second-order valence-electron chi connectivity index (χ2n) is 5.86. The van der Waals surface area contributed by atoms with Crippen LogP contribution in [0.5, 0.6) is 0 Å². The molecule has 1 heterocycles. The van der Waals surface area contributed by atoms with E-state index in [9.17, 15) is 19.7 Å². The number of nitrogens with one attached hydrogen (secondary N) is 1. The third kappa shape index (κ3) is 3.94. The smallest absolute Gasteiger partial charge is 0.269 e. The fourth-order valence-corrected chi connectivity index (χ4v) is 2.75. The highest BCUT2D eigenvalue weighted by molar-refractivity contribution is 5.98. The molecule has 0 spiro atoms. The Kier molecular flexibility index (Phi) is 5.07. The van der Waals surface area contributed by atoms with Crippen LogP contribution in [0.2, 0.25) is 0 Å². The minimum Gasteiger partial charge on any atom is -0.351 e. The first kappa shape index (κ1) is 17.3. The Morgan fingerprint density at radius 2 is 1.92 bits per heavy atom. The van der Waals surface area contributed by atoms with Gasteiger partial charge in [-0.25, -0.2) is 0 Å². The predicted octanol–water partition coefficient (Wildman–Crippen LogP) is 2.38. The van der Waals surface area contributed by atoms with Crippen LogP contribution >= 0.6 is 0 Å². The van der Waals surface area contributed by atoms with E-state index in [1.165, 1.54) is 18.2 Å². The fraction of sp³-hybridized carbons (Fsp3) is 0.158. The van der Waals surface area contributed by atoms with Crippen LogP contribution in [0, 0.1) is 10.1 Å². The van der Waals surface area contributed by atoms with E-state index in [4.69, 9.17) is 0 Å². The van der Waals surface area contributed by atoms with Crippen LogP contribution in [0.25, 0.3) is 6.08 Å². The quantitative estimate of drug-likeness (QED) is 0.491. The number of carbonyl (C=O) groups is 2. The second-order valence-corrected chi connectivity index (χ2v) is 5.86. The molecule has 0 fully saturated rings.